The number of aliphatic hydroxyl groups is 3. The van der Waals surface area contributed by atoms with Crippen LogP contribution in [-0.2, 0) is 0 Å². The Bertz CT molecular complexity index is 283. The summed E-state index contributed by atoms with van der Waals surface area (Å²) in [6.07, 6.45) is 1.06. The molecule has 0 bridgehead atoms. The van der Waals surface area contributed by atoms with Crippen molar-refractivity contribution in [3.63, 3.8) is 0 Å². The number of likely N-dealkylation sites (tertiary alicyclic amines) is 1. The van der Waals surface area contributed by atoms with E-state index in [0.29, 0.717) is 6.42 Å². The van der Waals surface area contributed by atoms with Crippen LogP contribution in [0.3, 0.4) is 0 Å². The SMILES string of the molecule is OC1CCN2CC(N3CCCC3)C(O)C(O)C12. The maximum absolute atomic E-state index is 10.2. The van der Waals surface area contributed by atoms with E-state index in [9.17, 15) is 15.3 Å². The van der Waals surface area contributed by atoms with Gasteiger partial charge in [-0.25, -0.2) is 0 Å². The highest BCUT2D eigenvalue weighted by Gasteiger charge is 2.49. The van der Waals surface area contributed by atoms with Gasteiger partial charge in [-0.05, 0) is 32.4 Å². The molecule has 0 aliphatic carbocycles. The van der Waals surface area contributed by atoms with Crippen LogP contribution in [0.25, 0.3) is 0 Å². The summed E-state index contributed by atoms with van der Waals surface area (Å²) in [5.74, 6) is 0. The van der Waals surface area contributed by atoms with E-state index in [-0.39, 0.29) is 12.1 Å². The number of hydrogen-bond acceptors (Lipinski definition) is 5. The van der Waals surface area contributed by atoms with Crippen LogP contribution in [0.2, 0.25) is 0 Å². The molecule has 0 saturated carbocycles. The predicted octanol–water partition coefficient (Wildman–Crippen LogP) is -1.38. The van der Waals surface area contributed by atoms with E-state index in [4.69, 9.17) is 0 Å². The summed E-state index contributed by atoms with van der Waals surface area (Å²) in [4.78, 5) is 4.43. The van der Waals surface area contributed by atoms with Gasteiger partial charge in [-0.2, -0.15) is 0 Å². The zero-order chi connectivity index (χ0) is 12.0. The van der Waals surface area contributed by atoms with E-state index in [1.165, 1.54) is 12.8 Å². The second-order valence-electron chi connectivity index (χ2n) is 5.63. The van der Waals surface area contributed by atoms with Crippen molar-refractivity contribution in [2.24, 2.45) is 0 Å². The van der Waals surface area contributed by atoms with Crippen molar-refractivity contribution in [3.05, 3.63) is 0 Å². The first kappa shape index (κ1) is 11.9. The van der Waals surface area contributed by atoms with Crippen LogP contribution in [0, 0.1) is 0 Å². The molecule has 3 aliphatic heterocycles. The molecule has 3 heterocycles. The monoisotopic (exact) mass is 242 g/mol. The molecule has 0 spiro atoms. The van der Waals surface area contributed by atoms with Crippen molar-refractivity contribution in [3.8, 4) is 0 Å². The first-order chi connectivity index (χ1) is 8.18. The Morgan fingerprint density at radius 2 is 1.53 bits per heavy atom. The smallest absolute Gasteiger partial charge is 0.0994 e. The maximum Gasteiger partial charge on any atom is 0.0994 e. The zero-order valence-electron chi connectivity index (χ0n) is 10.1. The highest BCUT2D eigenvalue weighted by Crippen LogP contribution is 2.31. The summed E-state index contributed by atoms with van der Waals surface area (Å²) in [6.45, 7) is 3.66. The molecule has 3 rings (SSSR count). The van der Waals surface area contributed by atoms with Crippen LogP contribution in [0.15, 0.2) is 0 Å². The number of aliphatic hydroxyl groups excluding tert-OH is 3. The van der Waals surface area contributed by atoms with E-state index in [2.05, 4.69) is 9.80 Å². The van der Waals surface area contributed by atoms with Gasteiger partial charge < -0.3 is 15.3 Å². The maximum atomic E-state index is 10.2. The predicted molar refractivity (Wildman–Crippen MR) is 62.6 cm³/mol. The Labute approximate surface area is 102 Å². The van der Waals surface area contributed by atoms with Gasteiger partial charge in [0.05, 0.1) is 30.4 Å². The fraction of sp³-hybridized carbons (Fsp3) is 1.00. The summed E-state index contributed by atoms with van der Waals surface area (Å²) < 4.78 is 0. The largest absolute Gasteiger partial charge is 0.391 e. The van der Waals surface area contributed by atoms with Crippen molar-refractivity contribution in [1.82, 2.24) is 9.80 Å². The summed E-state index contributed by atoms with van der Waals surface area (Å²) in [5.41, 5.74) is 0. The summed E-state index contributed by atoms with van der Waals surface area (Å²) in [5, 5.41) is 30.2. The third-order valence-electron chi connectivity index (χ3n) is 4.65. The molecule has 5 heteroatoms. The fourth-order valence-corrected chi connectivity index (χ4v) is 3.70. The van der Waals surface area contributed by atoms with Crippen LogP contribution in [0.5, 0.6) is 0 Å². The summed E-state index contributed by atoms with van der Waals surface area (Å²) in [6, 6.07) is -0.224. The highest BCUT2D eigenvalue weighted by atomic mass is 16.3. The molecule has 0 radical (unpaired) electrons. The van der Waals surface area contributed by atoms with Crippen LogP contribution in [0.1, 0.15) is 19.3 Å². The number of nitrogens with zero attached hydrogens (tertiary/aromatic N) is 2. The lowest BCUT2D eigenvalue weighted by Crippen LogP contribution is -2.65. The molecule has 0 amide bonds. The average molecular weight is 242 g/mol. The standard InChI is InChI=1S/C12H22N2O3/c15-9-3-6-14-7-8(13-4-1-2-5-13)11(16)12(17)10(9)14/h8-12,15-17H,1-7H2. The highest BCUT2D eigenvalue weighted by molar-refractivity contribution is 5.04. The van der Waals surface area contributed by atoms with Crippen molar-refractivity contribution >= 4 is 0 Å². The average Bonchev–Trinajstić information content (AvgIpc) is 2.93. The summed E-state index contributed by atoms with van der Waals surface area (Å²) in [7, 11) is 0. The molecule has 3 N–H and O–H groups in total. The second kappa shape index (κ2) is 4.48. The third-order valence-corrected chi connectivity index (χ3v) is 4.65. The minimum absolute atomic E-state index is 0.0362. The van der Waals surface area contributed by atoms with E-state index in [0.717, 1.165) is 26.2 Å². The van der Waals surface area contributed by atoms with Crippen LogP contribution < -0.4 is 0 Å². The molecule has 0 aromatic rings. The molecule has 3 saturated heterocycles. The molecule has 3 aliphatic rings. The molecule has 17 heavy (non-hydrogen) atoms. The Kier molecular flexibility index (Phi) is 3.13. The van der Waals surface area contributed by atoms with Gasteiger partial charge in [0.15, 0.2) is 0 Å². The molecular weight excluding hydrogens is 220 g/mol. The van der Waals surface area contributed by atoms with Gasteiger partial charge in [0.2, 0.25) is 0 Å². The minimum atomic E-state index is -0.813. The Morgan fingerprint density at radius 1 is 0.824 bits per heavy atom. The molecule has 0 aromatic heterocycles. The Balaban J connectivity index is 1.75. The van der Waals surface area contributed by atoms with Crippen molar-refractivity contribution in [2.75, 3.05) is 26.2 Å². The molecule has 3 fully saturated rings. The van der Waals surface area contributed by atoms with Crippen molar-refractivity contribution in [2.45, 2.75) is 49.7 Å². The summed E-state index contributed by atoms with van der Waals surface area (Å²) >= 11 is 0. The van der Waals surface area contributed by atoms with Crippen LogP contribution >= 0.6 is 0 Å². The second-order valence-corrected chi connectivity index (χ2v) is 5.63. The quantitative estimate of drug-likeness (QED) is 0.529. The normalized spacial score (nSPS) is 48.5. The molecular formula is C12H22N2O3. The molecule has 5 nitrogen and oxygen atoms in total. The number of rotatable bonds is 1. The van der Waals surface area contributed by atoms with Crippen molar-refractivity contribution < 1.29 is 15.3 Å². The number of piperidine rings is 1. The van der Waals surface area contributed by atoms with Gasteiger partial charge in [-0.3, -0.25) is 9.80 Å². The Morgan fingerprint density at radius 3 is 2.24 bits per heavy atom. The van der Waals surface area contributed by atoms with E-state index in [1.54, 1.807) is 0 Å². The van der Waals surface area contributed by atoms with Crippen LogP contribution in [-0.4, -0.2) is 81.7 Å². The lowest BCUT2D eigenvalue weighted by atomic mass is 9.90. The first-order valence-electron chi connectivity index (χ1n) is 6.71. The van der Waals surface area contributed by atoms with Gasteiger partial charge in [0.1, 0.15) is 0 Å². The number of hydrogen-bond donors (Lipinski definition) is 3. The minimum Gasteiger partial charge on any atom is -0.391 e. The lowest BCUT2D eigenvalue weighted by Gasteiger charge is -2.46. The van der Waals surface area contributed by atoms with E-state index in [1.807, 2.05) is 0 Å². The van der Waals surface area contributed by atoms with Crippen LogP contribution in [0.4, 0.5) is 0 Å². The van der Waals surface area contributed by atoms with Gasteiger partial charge in [-0.1, -0.05) is 0 Å². The molecule has 5 unspecified atom stereocenters. The lowest BCUT2D eigenvalue weighted by molar-refractivity contribution is -0.122. The third kappa shape index (κ3) is 1.90. The van der Waals surface area contributed by atoms with Gasteiger partial charge in [0, 0.05) is 13.1 Å². The Hall–Kier alpha value is -0.200. The van der Waals surface area contributed by atoms with Gasteiger partial charge >= 0.3 is 0 Å². The molecule has 0 aromatic carbocycles. The number of fused-ring (bicyclic) bond motifs is 1. The van der Waals surface area contributed by atoms with Gasteiger partial charge in [-0.15, -0.1) is 0 Å². The van der Waals surface area contributed by atoms with Crippen molar-refractivity contribution in [1.29, 1.82) is 0 Å². The van der Waals surface area contributed by atoms with E-state index >= 15 is 0 Å². The topological polar surface area (TPSA) is 67.2 Å². The van der Waals surface area contributed by atoms with E-state index < -0.39 is 18.3 Å². The first-order valence-corrected chi connectivity index (χ1v) is 6.71. The van der Waals surface area contributed by atoms with Gasteiger partial charge in [0.25, 0.3) is 0 Å². The molecule has 98 valence electrons. The molecule has 5 atom stereocenters. The zero-order valence-corrected chi connectivity index (χ0v) is 10.1. The fourth-order valence-electron chi connectivity index (χ4n) is 3.70.